The van der Waals surface area contributed by atoms with E-state index in [4.69, 9.17) is 8.60 Å². The molecule has 0 amide bonds. The first-order valence-electron chi connectivity index (χ1n) is 16.6. The van der Waals surface area contributed by atoms with Crippen molar-refractivity contribution in [2.24, 2.45) is 0 Å². The van der Waals surface area contributed by atoms with Gasteiger partial charge < -0.3 is 13.5 Å². The number of hydrogen-bond donors (Lipinski definition) is 0. The molecule has 2 aromatic heterocycles. The van der Waals surface area contributed by atoms with Crippen LogP contribution >= 0.6 is 11.3 Å². The molecule has 5 nitrogen and oxygen atoms in total. The zero-order chi connectivity index (χ0) is 36.3. The van der Waals surface area contributed by atoms with Crippen LogP contribution in [0.25, 0.3) is 64.4 Å². The second-order valence-corrected chi connectivity index (χ2v) is 15.1. The number of hydrogen-bond acceptors (Lipinski definition) is 6. The van der Waals surface area contributed by atoms with Gasteiger partial charge in [0.2, 0.25) is 0 Å². The quantitative estimate of drug-likeness (QED) is 0.120. The van der Waals surface area contributed by atoms with Crippen molar-refractivity contribution < 1.29 is 30.2 Å². The molecule has 10 heteroatoms. The van der Waals surface area contributed by atoms with Crippen LogP contribution in [0.15, 0.2) is 162 Å². The fraction of sp³-hybridized carbons (Fsp3) is 0.0233. The molecule has 0 radical (unpaired) electrons. The van der Waals surface area contributed by atoms with Gasteiger partial charge in [0.25, 0.3) is 0 Å². The monoisotopic (exact) mass is 741 g/mol. The number of halogens is 3. The van der Waals surface area contributed by atoms with Crippen LogP contribution < -0.4 is 9.08 Å². The van der Waals surface area contributed by atoms with Crippen molar-refractivity contribution in [3.05, 3.63) is 158 Å². The number of nitrogens with zero attached hydrogens (tertiary/aromatic N) is 1. The summed E-state index contributed by atoms with van der Waals surface area (Å²) >= 11 is 1.46. The van der Waals surface area contributed by atoms with Gasteiger partial charge in [-0.2, -0.15) is 21.6 Å². The van der Waals surface area contributed by atoms with Crippen molar-refractivity contribution in [2.45, 2.75) is 5.51 Å². The van der Waals surface area contributed by atoms with Crippen LogP contribution in [0.3, 0.4) is 0 Å². The maximum absolute atomic E-state index is 13.7. The van der Waals surface area contributed by atoms with Crippen LogP contribution in [-0.4, -0.2) is 13.9 Å². The average molecular weight is 742 g/mol. The molecule has 0 bridgehead atoms. The van der Waals surface area contributed by atoms with E-state index in [2.05, 4.69) is 0 Å². The van der Waals surface area contributed by atoms with Gasteiger partial charge in [0.05, 0.1) is 10.4 Å². The van der Waals surface area contributed by atoms with E-state index in [1.54, 1.807) is 0 Å². The van der Waals surface area contributed by atoms with Crippen LogP contribution in [0.2, 0.25) is 0 Å². The summed E-state index contributed by atoms with van der Waals surface area (Å²) in [5.41, 5.74) is 1.54. The first kappa shape index (κ1) is 32.8. The van der Waals surface area contributed by atoms with Crippen LogP contribution in [0.5, 0.6) is 5.75 Å². The highest BCUT2D eigenvalue weighted by Gasteiger charge is 2.48. The second-order valence-electron chi connectivity index (χ2n) is 12.5. The van der Waals surface area contributed by atoms with Gasteiger partial charge in [0.1, 0.15) is 16.9 Å². The second kappa shape index (κ2) is 12.5. The molecule has 2 heterocycles. The van der Waals surface area contributed by atoms with E-state index in [1.165, 1.54) is 23.5 Å². The first-order valence-corrected chi connectivity index (χ1v) is 18.8. The van der Waals surface area contributed by atoms with Gasteiger partial charge in [-0.15, -0.1) is 11.3 Å². The molecule has 0 N–H and O–H groups in total. The molecule has 9 rings (SSSR count). The number of furan rings is 1. The van der Waals surface area contributed by atoms with E-state index in [-0.39, 0.29) is 0 Å². The molecule has 53 heavy (non-hydrogen) atoms. The number of rotatable bonds is 7. The van der Waals surface area contributed by atoms with Gasteiger partial charge in [-0.25, -0.2) is 0 Å². The van der Waals surface area contributed by atoms with Gasteiger partial charge in [-0.3, -0.25) is 0 Å². The van der Waals surface area contributed by atoms with E-state index in [0.29, 0.717) is 22.4 Å². The zero-order valence-corrected chi connectivity index (χ0v) is 29.2. The molecule has 0 atom stereocenters. The lowest BCUT2D eigenvalue weighted by molar-refractivity contribution is -0.0500. The molecular weight excluding hydrogens is 716 g/mol. The Morgan fingerprint density at radius 1 is 0.585 bits per heavy atom. The Kier molecular flexibility index (Phi) is 7.76. The fourth-order valence-corrected chi connectivity index (χ4v) is 8.46. The fourth-order valence-electron chi connectivity index (χ4n) is 6.84. The number of para-hydroxylation sites is 2. The molecule has 0 fully saturated rings. The lowest BCUT2D eigenvalue weighted by atomic mass is 9.98. The largest absolute Gasteiger partial charge is 0.534 e. The van der Waals surface area contributed by atoms with Gasteiger partial charge in [-0.05, 0) is 76.9 Å². The highest BCUT2D eigenvalue weighted by molar-refractivity contribution is 7.88. The molecule has 0 aliphatic rings. The summed E-state index contributed by atoms with van der Waals surface area (Å²) < 4.78 is 78.6. The van der Waals surface area contributed by atoms with Gasteiger partial charge in [-0.1, -0.05) is 97.1 Å². The Morgan fingerprint density at radius 3 is 1.98 bits per heavy atom. The van der Waals surface area contributed by atoms with Crippen molar-refractivity contribution >= 4 is 80.6 Å². The molecule has 0 unspecified atom stereocenters. The first-order chi connectivity index (χ1) is 25.6. The predicted octanol–water partition coefficient (Wildman–Crippen LogP) is 13.0. The summed E-state index contributed by atoms with van der Waals surface area (Å²) in [6, 6.07) is 49.4. The predicted molar refractivity (Wildman–Crippen MR) is 208 cm³/mol. The van der Waals surface area contributed by atoms with Crippen molar-refractivity contribution in [1.29, 1.82) is 0 Å². The topological polar surface area (TPSA) is 59.8 Å². The standard InChI is InChI=1S/C43H26F3NO4S2/c44-43(45,46)53(48,49)51-32-25-36-35-24-29(33-15-9-17-39-41(33)34-14-7-8-16-38(34)50-39)20-23-40(35)52-42(36)37(26-32)47(30-12-5-2-6-13-30)31-21-18-28(19-22-31)27-10-3-1-4-11-27/h1-26H. The Labute approximate surface area is 305 Å². The molecule has 0 saturated heterocycles. The lowest BCUT2D eigenvalue weighted by Gasteiger charge is -2.26. The molecule has 260 valence electrons. The minimum absolute atomic E-state index is 0.458. The minimum Gasteiger partial charge on any atom is -0.456 e. The van der Waals surface area contributed by atoms with Crippen LogP contribution in [0.1, 0.15) is 0 Å². The van der Waals surface area contributed by atoms with Gasteiger partial charge in [0.15, 0.2) is 0 Å². The Morgan fingerprint density at radius 2 is 1.23 bits per heavy atom. The van der Waals surface area contributed by atoms with Crippen molar-refractivity contribution in [3.63, 3.8) is 0 Å². The number of fused-ring (bicyclic) bond motifs is 6. The van der Waals surface area contributed by atoms with Crippen LogP contribution in [0, 0.1) is 0 Å². The van der Waals surface area contributed by atoms with E-state index >= 15 is 0 Å². The highest BCUT2D eigenvalue weighted by Crippen LogP contribution is 2.49. The third-order valence-electron chi connectivity index (χ3n) is 9.22. The third kappa shape index (κ3) is 5.76. The number of thiophene rings is 1. The summed E-state index contributed by atoms with van der Waals surface area (Å²) in [5.74, 6) is -0.459. The minimum atomic E-state index is -5.98. The number of benzene rings is 7. The van der Waals surface area contributed by atoms with Crippen molar-refractivity contribution in [3.8, 4) is 28.0 Å². The summed E-state index contributed by atoms with van der Waals surface area (Å²) in [7, 11) is -5.98. The van der Waals surface area contributed by atoms with E-state index in [9.17, 15) is 21.6 Å². The molecule has 0 aliphatic heterocycles. The van der Waals surface area contributed by atoms with Crippen LogP contribution in [-0.2, 0) is 10.1 Å². The third-order valence-corrected chi connectivity index (χ3v) is 11.4. The molecule has 9 aromatic rings. The Bertz CT molecular complexity index is 2920. The SMILES string of the molecule is O=S(=O)(Oc1cc(N(c2ccccc2)c2ccc(-c3ccccc3)cc2)c2sc3ccc(-c4cccc5oc6ccccc6c45)cc3c2c1)C(F)(F)F. The smallest absolute Gasteiger partial charge is 0.456 e. The summed E-state index contributed by atoms with van der Waals surface area (Å²) in [6.45, 7) is 0. The zero-order valence-electron chi connectivity index (χ0n) is 27.5. The molecule has 0 saturated carbocycles. The molecule has 0 aliphatic carbocycles. The van der Waals surface area contributed by atoms with Crippen LogP contribution in [0.4, 0.5) is 30.2 Å². The molecular formula is C43H26F3NO4S2. The summed E-state index contributed by atoms with van der Waals surface area (Å²) in [6.07, 6.45) is 0. The highest BCUT2D eigenvalue weighted by atomic mass is 32.2. The van der Waals surface area contributed by atoms with E-state index in [1.807, 2.05) is 150 Å². The molecule has 7 aromatic carbocycles. The maximum atomic E-state index is 13.7. The van der Waals surface area contributed by atoms with Gasteiger partial charge >= 0.3 is 15.6 Å². The van der Waals surface area contributed by atoms with Crippen molar-refractivity contribution in [2.75, 3.05) is 4.90 Å². The Balaban J connectivity index is 1.28. The average Bonchev–Trinajstić information content (AvgIpc) is 3.74. The van der Waals surface area contributed by atoms with E-state index < -0.39 is 21.4 Å². The maximum Gasteiger partial charge on any atom is 0.534 e. The summed E-state index contributed by atoms with van der Waals surface area (Å²) in [5, 5.41) is 3.18. The normalized spacial score (nSPS) is 12.2. The van der Waals surface area contributed by atoms with Crippen molar-refractivity contribution in [1.82, 2.24) is 0 Å². The molecule has 0 spiro atoms. The number of alkyl halides is 3. The van der Waals surface area contributed by atoms with E-state index in [0.717, 1.165) is 59.0 Å². The lowest BCUT2D eigenvalue weighted by Crippen LogP contribution is -2.28. The Hall–Kier alpha value is -6.10. The summed E-state index contributed by atoms with van der Waals surface area (Å²) in [4.78, 5) is 1.90. The number of anilines is 3. The van der Waals surface area contributed by atoms with Gasteiger partial charge in [0, 0.05) is 43.7 Å².